The van der Waals surface area contributed by atoms with Gasteiger partial charge in [-0.05, 0) is 43.4 Å². The third-order valence-corrected chi connectivity index (χ3v) is 4.86. The number of hydrogen-bond donors (Lipinski definition) is 0. The van der Waals surface area contributed by atoms with Crippen molar-refractivity contribution in [2.24, 2.45) is 11.8 Å². The second-order valence-electron chi connectivity index (χ2n) is 6.22. The van der Waals surface area contributed by atoms with Crippen molar-refractivity contribution in [1.82, 2.24) is 20.0 Å². The Morgan fingerprint density at radius 2 is 1.86 bits per heavy atom. The van der Waals surface area contributed by atoms with Crippen LogP contribution in [0.5, 0.6) is 0 Å². The zero-order chi connectivity index (χ0) is 15.5. The molecule has 1 aliphatic rings. The quantitative estimate of drug-likeness (QED) is 0.850. The number of anilines is 1. The molecule has 22 heavy (non-hydrogen) atoms. The van der Waals surface area contributed by atoms with E-state index in [2.05, 4.69) is 40.1 Å². The molecule has 118 valence electrons. The second kappa shape index (κ2) is 6.46. The van der Waals surface area contributed by atoms with Crippen LogP contribution in [0.1, 0.15) is 38.8 Å². The summed E-state index contributed by atoms with van der Waals surface area (Å²) in [7, 11) is 0. The predicted octanol–water partition coefficient (Wildman–Crippen LogP) is 3.23. The van der Waals surface area contributed by atoms with Crippen LogP contribution in [0.4, 0.5) is 5.82 Å². The Morgan fingerprint density at radius 3 is 2.45 bits per heavy atom. The highest BCUT2D eigenvalue weighted by Gasteiger charge is 2.28. The van der Waals surface area contributed by atoms with E-state index in [1.807, 2.05) is 25.3 Å². The van der Waals surface area contributed by atoms with Crippen LogP contribution < -0.4 is 4.90 Å². The maximum absolute atomic E-state index is 4.41. The lowest BCUT2D eigenvalue weighted by Crippen LogP contribution is -2.23. The Bertz CT molecular complexity index is 600. The van der Waals surface area contributed by atoms with E-state index in [4.69, 9.17) is 0 Å². The first-order valence-corrected chi connectivity index (χ1v) is 8.32. The lowest BCUT2D eigenvalue weighted by molar-refractivity contribution is 0.339. The first kappa shape index (κ1) is 15.0. The Morgan fingerprint density at radius 1 is 1.14 bits per heavy atom. The van der Waals surface area contributed by atoms with Gasteiger partial charge in [0.15, 0.2) is 11.6 Å². The van der Waals surface area contributed by atoms with Gasteiger partial charge in [0.2, 0.25) is 0 Å². The molecular formula is C17H25N5. The fraction of sp³-hybridized carbons (Fsp3) is 0.588. The van der Waals surface area contributed by atoms with Gasteiger partial charge in [-0.3, -0.25) is 0 Å². The van der Waals surface area contributed by atoms with E-state index >= 15 is 0 Å². The molecule has 0 N–H and O–H groups in total. The molecule has 0 radical (unpaired) electrons. The minimum atomic E-state index is 0.771. The summed E-state index contributed by atoms with van der Waals surface area (Å²) in [6.07, 6.45) is 5.74. The highest BCUT2D eigenvalue weighted by Crippen LogP contribution is 2.30. The predicted molar refractivity (Wildman–Crippen MR) is 88.3 cm³/mol. The molecule has 0 amide bonds. The topological polar surface area (TPSA) is 46.8 Å². The summed E-state index contributed by atoms with van der Waals surface area (Å²) in [5, 5.41) is 13.1. The van der Waals surface area contributed by atoms with E-state index in [0.717, 1.165) is 42.3 Å². The van der Waals surface area contributed by atoms with E-state index in [-0.39, 0.29) is 0 Å². The van der Waals surface area contributed by atoms with Gasteiger partial charge in [-0.25, -0.2) is 4.68 Å². The normalized spacial score (nSPS) is 18.4. The Labute approximate surface area is 132 Å². The van der Waals surface area contributed by atoms with Gasteiger partial charge < -0.3 is 4.90 Å². The zero-order valence-corrected chi connectivity index (χ0v) is 13.7. The molecule has 5 heteroatoms. The summed E-state index contributed by atoms with van der Waals surface area (Å²) in [4.78, 5) is 2.37. The third-order valence-electron chi connectivity index (χ3n) is 4.86. The van der Waals surface area contributed by atoms with Gasteiger partial charge in [-0.1, -0.05) is 26.7 Å². The summed E-state index contributed by atoms with van der Waals surface area (Å²) in [6.45, 7) is 8.78. The molecule has 0 saturated carbocycles. The Balaban J connectivity index is 1.69. The van der Waals surface area contributed by atoms with Crippen LogP contribution in [0.25, 0.3) is 5.82 Å². The summed E-state index contributed by atoms with van der Waals surface area (Å²) < 4.78 is 1.77. The summed E-state index contributed by atoms with van der Waals surface area (Å²) >= 11 is 0. The minimum Gasteiger partial charge on any atom is -0.355 e. The van der Waals surface area contributed by atoms with Crippen molar-refractivity contribution in [1.29, 1.82) is 0 Å². The molecule has 0 spiro atoms. The molecule has 3 rings (SSSR count). The SMILES string of the molecule is CCC(CC)C1CCN(c2ccc(-n3ccc(C)n3)nn2)C1. The lowest BCUT2D eigenvalue weighted by atomic mass is 9.87. The van der Waals surface area contributed by atoms with Crippen LogP contribution in [-0.2, 0) is 0 Å². The van der Waals surface area contributed by atoms with Crippen molar-refractivity contribution in [2.75, 3.05) is 18.0 Å². The van der Waals surface area contributed by atoms with Crippen LogP contribution >= 0.6 is 0 Å². The van der Waals surface area contributed by atoms with Crippen LogP contribution in [0.2, 0.25) is 0 Å². The lowest BCUT2D eigenvalue weighted by Gasteiger charge is -2.21. The first-order chi connectivity index (χ1) is 10.7. The molecule has 2 aromatic heterocycles. The van der Waals surface area contributed by atoms with E-state index in [1.165, 1.54) is 19.3 Å². The molecule has 1 atom stereocenters. The molecule has 2 aromatic rings. The zero-order valence-electron chi connectivity index (χ0n) is 13.7. The van der Waals surface area contributed by atoms with Crippen LogP contribution in [-0.4, -0.2) is 33.1 Å². The standard InChI is InChI=1S/C17H25N5/c1-4-14(5-2)15-9-10-21(12-15)16-6-7-17(19-18-16)22-11-8-13(3)20-22/h6-8,11,14-15H,4-5,9-10,12H2,1-3H3. The largest absolute Gasteiger partial charge is 0.355 e. The van der Waals surface area contributed by atoms with Gasteiger partial charge in [-0.15, -0.1) is 10.2 Å². The number of nitrogens with zero attached hydrogens (tertiary/aromatic N) is 5. The second-order valence-corrected chi connectivity index (χ2v) is 6.22. The van der Waals surface area contributed by atoms with E-state index in [0.29, 0.717) is 0 Å². The molecular weight excluding hydrogens is 274 g/mol. The van der Waals surface area contributed by atoms with Crippen LogP contribution in [0.3, 0.4) is 0 Å². The van der Waals surface area contributed by atoms with Crippen molar-refractivity contribution in [3.05, 3.63) is 30.1 Å². The van der Waals surface area contributed by atoms with E-state index < -0.39 is 0 Å². The molecule has 5 nitrogen and oxygen atoms in total. The van der Waals surface area contributed by atoms with Crippen LogP contribution in [0.15, 0.2) is 24.4 Å². The fourth-order valence-corrected chi connectivity index (χ4v) is 3.49. The highest BCUT2D eigenvalue weighted by atomic mass is 15.4. The molecule has 1 aliphatic heterocycles. The van der Waals surface area contributed by atoms with Gasteiger partial charge in [-0.2, -0.15) is 5.10 Å². The average Bonchev–Trinajstić information content (AvgIpc) is 3.18. The average molecular weight is 299 g/mol. The molecule has 0 aromatic carbocycles. The number of hydrogen-bond acceptors (Lipinski definition) is 4. The third kappa shape index (κ3) is 2.98. The monoisotopic (exact) mass is 299 g/mol. The number of aryl methyl sites for hydroxylation is 1. The van der Waals surface area contributed by atoms with Gasteiger partial charge in [0, 0.05) is 19.3 Å². The molecule has 0 bridgehead atoms. The van der Waals surface area contributed by atoms with Gasteiger partial charge >= 0.3 is 0 Å². The smallest absolute Gasteiger partial charge is 0.175 e. The summed E-state index contributed by atoms with van der Waals surface area (Å²) in [6, 6.07) is 6.03. The number of aromatic nitrogens is 4. The molecule has 1 fully saturated rings. The fourth-order valence-electron chi connectivity index (χ4n) is 3.49. The van der Waals surface area contributed by atoms with Crippen molar-refractivity contribution >= 4 is 5.82 Å². The Hall–Kier alpha value is -1.91. The molecule has 0 aliphatic carbocycles. The van der Waals surface area contributed by atoms with Crippen molar-refractivity contribution in [2.45, 2.75) is 40.0 Å². The van der Waals surface area contributed by atoms with Crippen LogP contribution in [0, 0.1) is 18.8 Å². The van der Waals surface area contributed by atoms with Crippen molar-refractivity contribution in [3.8, 4) is 5.82 Å². The number of rotatable bonds is 5. The summed E-state index contributed by atoms with van der Waals surface area (Å²) in [5.74, 6) is 3.39. The molecule has 1 unspecified atom stereocenters. The highest BCUT2D eigenvalue weighted by molar-refractivity contribution is 5.40. The summed E-state index contributed by atoms with van der Waals surface area (Å²) in [5.41, 5.74) is 0.985. The first-order valence-electron chi connectivity index (χ1n) is 8.32. The molecule has 3 heterocycles. The van der Waals surface area contributed by atoms with Crippen molar-refractivity contribution in [3.63, 3.8) is 0 Å². The minimum absolute atomic E-state index is 0.771. The van der Waals surface area contributed by atoms with Gasteiger partial charge in [0.25, 0.3) is 0 Å². The molecule has 1 saturated heterocycles. The van der Waals surface area contributed by atoms with Gasteiger partial charge in [0.1, 0.15) is 0 Å². The Kier molecular flexibility index (Phi) is 4.41. The van der Waals surface area contributed by atoms with E-state index in [1.54, 1.807) is 4.68 Å². The van der Waals surface area contributed by atoms with Crippen molar-refractivity contribution < 1.29 is 0 Å². The maximum atomic E-state index is 4.41. The van der Waals surface area contributed by atoms with Gasteiger partial charge in [0.05, 0.1) is 5.69 Å². The van der Waals surface area contributed by atoms with E-state index in [9.17, 15) is 0 Å². The maximum Gasteiger partial charge on any atom is 0.175 e.